The van der Waals surface area contributed by atoms with Gasteiger partial charge in [0, 0.05) is 11.6 Å². The third kappa shape index (κ3) is 3.61. The zero-order valence-electron chi connectivity index (χ0n) is 16.4. The molecule has 148 valence electrons. The van der Waals surface area contributed by atoms with E-state index in [-0.39, 0.29) is 30.4 Å². The molecule has 0 aromatic carbocycles. The first-order chi connectivity index (χ1) is 12.5. The lowest BCUT2D eigenvalue weighted by Crippen LogP contribution is -2.50. The number of ketones is 2. The number of fused-ring (bicyclic) bond motifs is 1. The Balaban J connectivity index is 2.73. The predicted molar refractivity (Wildman–Crippen MR) is 94.0 cm³/mol. The van der Waals surface area contributed by atoms with Gasteiger partial charge >= 0.3 is 11.9 Å². The minimum atomic E-state index is -1.66. The first kappa shape index (κ1) is 20.7. The molecule has 2 rings (SSSR count). The molecule has 0 unspecified atom stereocenters. The molecular formula is C19H25NO7. The Kier molecular flexibility index (Phi) is 5.49. The second-order valence-electron chi connectivity index (χ2n) is 7.53. The van der Waals surface area contributed by atoms with Crippen LogP contribution in [-0.2, 0) is 33.4 Å². The molecule has 2 atom stereocenters. The maximum absolute atomic E-state index is 12.8. The van der Waals surface area contributed by atoms with E-state index in [0.29, 0.717) is 0 Å². The number of ether oxygens (including phenoxy) is 3. The van der Waals surface area contributed by atoms with Crippen molar-refractivity contribution in [2.45, 2.75) is 47.1 Å². The highest BCUT2D eigenvalue weighted by molar-refractivity contribution is 6.47. The highest BCUT2D eigenvalue weighted by atomic mass is 16.5. The van der Waals surface area contributed by atoms with Crippen LogP contribution in [0.4, 0.5) is 0 Å². The van der Waals surface area contributed by atoms with Gasteiger partial charge in [-0.25, -0.2) is 4.79 Å². The van der Waals surface area contributed by atoms with Crippen LogP contribution in [0.3, 0.4) is 0 Å². The number of Topliss-reactive ketones (excluding diaryl/α,β-unsaturated/α-hetero) is 1. The second kappa shape index (κ2) is 7.17. The van der Waals surface area contributed by atoms with Crippen molar-refractivity contribution in [1.29, 1.82) is 0 Å². The van der Waals surface area contributed by atoms with Gasteiger partial charge in [-0.15, -0.1) is 0 Å². The Morgan fingerprint density at radius 3 is 2.30 bits per heavy atom. The molecule has 0 fully saturated rings. The first-order valence-electron chi connectivity index (χ1n) is 8.82. The fraction of sp³-hybridized carbons (Fsp3) is 0.579. The van der Waals surface area contributed by atoms with Crippen molar-refractivity contribution in [3.05, 3.63) is 23.3 Å². The highest BCUT2D eigenvalue weighted by Crippen LogP contribution is 2.50. The van der Waals surface area contributed by atoms with Crippen molar-refractivity contribution in [2.75, 3.05) is 13.2 Å². The van der Waals surface area contributed by atoms with E-state index in [0.717, 1.165) is 6.08 Å². The summed E-state index contributed by atoms with van der Waals surface area (Å²) >= 11 is 0. The molecule has 1 heterocycles. The molecule has 0 radical (unpaired) electrons. The quantitative estimate of drug-likeness (QED) is 0.564. The molecule has 0 amide bonds. The second-order valence-corrected chi connectivity index (χ2v) is 7.53. The number of hydrogen-bond acceptors (Lipinski definition) is 8. The molecule has 0 bridgehead atoms. The highest BCUT2D eigenvalue weighted by Gasteiger charge is 2.62. The van der Waals surface area contributed by atoms with Crippen LogP contribution in [0.1, 0.15) is 41.5 Å². The van der Waals surface area contributed by atoms with Crippen molar-refractivity contribution >= 4 is 23.5 Å². The number of hydrogen-bond donors (Lipinski definition) is 1. The molecule has 0 aromatic heterocycles. The predicted octanol–water partition coefficient (Wildman–Crippen LogP) is 1.40. The zero-order valence-corrected chi connectivity index (χ0v) is 16.4. The average molecular weight is 379 g/mol. The van der Waals surface area contributed by atoms with E-state index in [1.54, 1.807) is 13.8 Å². The van der Waals surface area contributed by atoms with Gasteiger partial charge in [0.25, 0.3) is 0 Å². The fourth-order valence-corrected chi connectivity index (χ4v) is 3.13. The SMILES string of the molecule is CCOC(=O)C1=C(NC(C)(C)C)OC2=CC(=O)C(=O)[C@]2(C)[C@@H]1C(=O)OCC. The van der Waals surface area contributed by atoms with Gasteiger partial charge in [0.15, 0.2) is 0 Å². The first-order valence-corrected chi connectivity index (χ1v) is 8.82. The Labute approximate surface area is 157 Å². The number of esters is 2. The van der Waals surface area contributed by atoms with Crippen molar-refractivity contribution in [1.82, 2.24) is 5.32 Å². The molecular weight excluding hydrogens is 354 g/mol. The standard InChI is InChI=1S/C19H25NO7/c1-7-25-16(23)12-13(17(24)26-8-2)19(6)11(9-10(21)14(19)22)27-15(12)20-18(3,4)5/h9,13,20H,7-8H2,1-6H3/t13-,19-/m0/s1. The minimum Gasteiger partial charge on any atom is -0.465 e. The molecule has 8 nitrogen and oxygen atoms in total. The summed E-state index contributed by atoms with van der Waals surface area (Å²) in [7, 11) is 0. The van der Waals surface area contributed by atoms with Gasteiger partial charge in [0.05, 0.1) is 13.2 Å². The van der Waals surface area contributed by atoms with Gasteiger partial charge in [-0.05, 0) is 41.5 Å². The third-order valence-electron chi connectivity index (χ3n) is 4.30. The summed E-state index contributed by atoms with van der Waals surface area (Å²) in [6.07, 6.45) is 1.06. The summed E-state index contributed by atoms with van der Waals surface area (Å²) in [6.45, 7) is 10.2. The van der Waals surface area contributed by atoms with Crippen LogP contribution < -0.4 is 5.32 Å². The lowest BCUT2D eigenvalue weighted by molar-refractivity contribution is -0.159. The van der Waals surface area contributed by atoms with Gasteiger partial charge in [0.1, 0.15) is 22.7 Å². The van der Waals surface area contributed by atoms with E-state index in [4.69, 9.17) is 14.2 Å². The maximum atomic E-state index is 12.8. The number of carbonyl (C=O) groups is 4. The maximum Gasteiger partial charge on any atom is 0.340 e. The normalized spacial score (nSPS) is 24.8. The summed E-state index contributed by atoms with van der Waals surface area (Å²) in [4.78, 5) is 50.2. The van der Waals surface area contributed by atoms with Crippen LogP contribution in [0, 0.1) is 11.3 Å². The molecule has 0 saturated heterocycles. The topological polar surface area (TPSA) is 108 Å². The van der Waals surface area contributed by atoms with Crippen LogP contribution in [0.5, 0.6) is 0 Å². The summed E-state index contributed by atoms with van der Waals surface area (Å²) in [5.41, 5.74) is -2.35. The summed E-state index contributed by atoms with van der Waals surface area (Å²) in [5.74, 6) is -4.60. The molecule has 1 aliphatic heterocycles. The summed E-state index contributed by atoms with van der Waals surface area (Å²) in [6, 6.07) is 0. The van der Waals surface area contributed by atoms with Crippen LogP contribution in [0.15, 0.2) is 23.3 Å². The van der Waals surface area contributed by atoms with E-state index in [2.05, 4.69) is 5.32 Å². The lowest BCUT2D eigenvalue weighted by Gasteiger charge is -2.39. The zero-order chi connectivity index (χ0) is 20.6. The lowest BCUT2D eigenvalue weighted by atomic mass is 9.69. The fourth-order valence-electron chi connectivity index (χ4n) is 3.13. The van der Waals surface area contributed by atoms with E-state index in [1.807, 2.05) is 20.8 Å². The van der Waals surface area contributed by atoms with E-state index >= 15 is 0 Å². The Morgan fingerprint density at radius 1 is 1.19 bits per heavy atom. The summed E-state index contributed by atoms with van der Waals surface area (Å²) < 4.78 is 16.0. The van der Waals surface area contributed by atoms with Crippen molar-refractivity contribution in [3.8, 4) is 0 Å². The van der Waals surface area contributed by atoms with Gasteiger partial charge in [-0.2, -0.15) is 0 Å². The van der Waals surface area contributed by atoms with Crippen molar-refractivity contribution in [3.63, 3.8) is 0 Å². The summed E-state index contributed by atoms with van der Waals surface area (Å²) in [5, 5.41) is 3.02. The molecule has 1 N–H and O–H groups in total. The smallest absolute Gasteiger partial charge is 0.340 e. The van der Waals surface area contributed by atoms with Crippen molar-refractivity contribution in [2.24, 2.45) is 11.3 Å². The van der Waals surface area contributed by atoms with Gasteiger partial charge in [0.2, 0.25) is 17.4 Å². The Bertz CT molecular complexity index is 757. The number of allylic oxidation sites excluding steroid dienone is 2. The van der Waals surface area contributed by atoms with E-state index in [1.165, 1.54) is 6.92 Å². The van der Waals surface area contributed by atoms with Gasteiger partial charge in [-0.1, -0.05) is 0 Å². The Morgan fingerprint density at radius 2 is 1.78 bits per heavy atom. The molecule has 0 aromatic rings. The molecule has 8 heteroatoms. The molecule has 0 spiro atoms. The number of carbonyl (C=O) groups excluding carboxylic acids is 4. The van der Waals surface area contributed by atoms with Crippen molar-refractivity contribution < 1.29 is 33.4 Å². The number of nitrogens with one attached hydrogen (secondary N) is 1. The molecule has 0 saturated carbocycles. The number of rotatable bonds is 5. The van der Waals surface area contributed by atoms with E-state index in [9.17, 15) is 19.2 Å². The Hall–Kier alpha value is -2.64. The molecule has 1 aliphatic carbocycles. The van der Waals surface area contributed by atoms with Gasteiger partial charge < -0.3 is 19.5 Å². The monoisotopic (exact) mass is 379 g/mol. The van der Waals surface area contributed by atoms with Crippen LogP contribution >= 0.6 is 0 Å². The van der Waals surface area contributed by atoms with Crippen LogP contribution in [0.2, 0.25) is 0 Å². The van der Waals surface area contributed by atoms with Gasteiger partial charge in [-0.3, -0.25) is 14.4 Å². The molecule has 27 heavy (non-hydrogen) atoms. The molecule has 2 aliphatic rings. The largest absolute Gasteiger partial charge is 0.465 e. The van der Waals surface area contributed by atoms with E-state index < -0.39 is 40.4 Å². The van der Waals surface area contributed by atoms with Crippen LogP contribution in [0.25, 0.3) is 0 Å². The van der Waals surface area contributed by atoms with Crippen LogP contribution in [-0.4, -0.2) is 42.3 Å². The third-order valence-corrected chi connectivity index (χ3v) is 4.30. The minimum absolute atomic E-state index is 0.00958. The average Bonchev–Trinajstić information content (AvgIpc) is 2.76.